The Bertz CT molecular complexity index is 1300. The quantitative estimate of drug-likeness (QED) is 0.421. The van der Waals surface area contributed by atoms with Crippen molar-refractivity contribution in [2.24, 2.45) is 11.8 Å². The number of rotatable bonds is 8. The Balaban J connectivity index is 1.65. The first-order valence-electron chi connectivity index (χ1n) is 11.6. The summed E-state index contributed by atoms with van der Waals surface area (Å²) in [5.74, 6) is 1.06. The third-order valence-corrected chi connectivity index (χ3v) is 6.04. The molecule has 2 heterocycles. The zero-order valence-electron chi connectivity index (χ0n) is 19.6. The van der Waals surface area contributed by atoms with E-state index in [1.165, 1.54) is 4.68 Å². The van der Waals surface area contributed by atoms with Crippen LogP contribution in [0, 0.1) is 11.8 Å². The smallest absolute Gasteiger partial charge is 0.274 e. The minimum atomic E-state index is -0.247. The van der Waals surface area contributed by atoms with Gasteiger partial charge in [0, 0.05) is 11.9 Å². The molecule has 0 radical (unpaired) electrons. The monoisotopic (exact) mass is 445 g/mol. The van der Waals surface area contributed by atoms with Gasteiger partial charge in [-0.1, -0.05) is 64.4 Å². The highest BCUT2D eigenvalue weighted by atomic mass is 16.2. The molecule has 4 rings (SSSR count). The van der Waals surface area contributed by atoms with Crippen LogP contribution in [-0.2, 0) is 17.8 Å². The van der Waals surface area contributed by atoms with Crippen LogP contribution in [0.4, 0.5) is 0 Å². The molecule has 2 aromatic carbocycles. The fraction of sp³-hybridized carbons (Fsp3) is 0.385. The number of hydrogen-bond donors (Lipinski definition) is 2. The van der Waals surface area contributed by atoms with Crippen molar-refractivity contribution in [1.29, 1.82) is 0 Å². The summed E-state index contributed by atoms with van der Waals surface area (Å²) >= 11 is 0. The topological polar surface area (TPSA) is 92.7 Å². The Morgan fingerprint density at radius 1 is 1.06 bits per heavy atom. The number of hydrogen-bond acceptors (Lipinski definition) is 4. The molecule has 0 spiro atoms. The lowest BCUT2D eigenvalue weighted by molar-refractivity contribution is -0.121. The molecule has 0 aliphatic carbocycles. The van der Waals surface area contributed by atoms with Crippen molar-refractivity contribution in [2.45, 2.75) is 53.1 Å². The van der Waals surface area contributed by atoms with Gasteiger partial charge in [-0.15, -0.1) is 0 Å². The molecule has 2 atom stereocenters. The highest BCUT2D eigenvalue weighted by Gasteiger charge is 2.24. The first-order valence-corrected chi connectivity index (χ1v) is 11.6. The summed E-state index contributed by atoms with van der Waals surface area (Å²) in [6.45, 7) is 8.80. The highest BCUT2D eigenvalue weighted by Crippen LogP contribution is 2.25. The third kappa shape index (κ3) is 4.82. The highest BCUT2D eigenvalue weighted by molar-refractivity contribution is 5.88. The van der Waals surface area contributed by atoms with E-state index < -0.39 is 0 Å². The van der Waals surface area contributed by atoms with E-state index in [9.17, 15) is 9.59 Å². The van der Waals surface area contributed by atoms with Gasteiger partial charge in [-0.2, -0.15) is 5.10 Å². The van der Waals surface area contributed by atoms with Crippen molar-refractivity contribution in [2.75, 3.05) is 0 Å². The minimum absolute atomic E-state index is 0.0893. The average molecular weight is 446 g/mol. The van der Waals surface area contributed by atoms with Crippen LogP contribution < -0.4 is 10.9 Å². The van der Waals surface area contributed by atoms with Gasteiger partial charge in [0.15, 0.2) is 0 Å². The number of amides is 1. The molecule has 4 aromatic rings. The predicted octanol–water partition coefficient (Wildman–Crippen LogP) is 4.37. The normalized spacial score (nSPS) is 13.5. The van der Waals surface area contributed by atoms with E-state index in [4.69, 9.17) is 4.98 Å². The number of nitrogens with zero attached hydrogens (tertiary/aromatic N) is 3. The Hall–Kier alpha value is -3.48. The summed E-state index contributed by atoms with van der Waals surface area (Å²) in [5.41, 5.74) is 2.31. The number of imidazole rings is 1. The van der Waals surface area contributed by atoms with Crippen LogP contribution in [-0.4, -0.2) is 25.7 Å². The zero-order chi connectivity index (χ0) is 23.5. The second kappa shape index (κ2) is 9.57. The fourth-order valence-electron chi connectivity index (χ4n) is 4.12. The van der Waals surface area contributed by atoms with E-state index in [-0.39, 0.29) is 35.8 Å². The second-order valence-electron chi connectivity index (χ2n) is 9.12. The van der Waals surface area contributed by atoms with Gasteiger partial charge in [0.1, 0.15) is 5.82 Å². The fourth-order valence-corrected chi connectivity index (χ4v) is 4.12. The van der Waals surface area contributed by atoms with Gasteiger partial charge < -0.3 is 10.3 Å². The summed E-state index contributed by atoms with van der Waals surface area (Å²) in [4.78, 5) is 34.2. The maximum absolute atomic E-state index is 13.2. The van der Waals surface area contributed by atoms with Crippen molar-refractivity contribution >= 4 is 27.7 Å². The Labute approximate surface area is 193 Å². The molecule has 1 amide bonds. The number of carbonyl (C=O) groups excluding carboxylic acids is 1. The van der Waals surface area contributed by atoms with Crippen LogP contribution >= 0.6 is 0 Å². The summed E-state index contributed by atoms with van der Waals surface area (Å²) in [6.07, 6.45) is 0.981. The van der Waals surface area contributed by atoms with Crippen molar-refractivity contribution in [3.05, 3.63) is 70.4 Å². The van der Waals surface area contributed by atoms with E-state index in [1.807, 2.05) is 56.3 Å². The molecular formula is C26H31N5O2. The van der Waals surface area contributed by atoms with E-state index >= 15 is 0 Å². The summed E-state index contributed by atoms with van der Waals surface area (Å²) in [5, 5.41) is 9.07. The Morgan fingerprint density at radius 3 is 2.45 bits per heavy atom. The van der Waals surface area contributed by atoms with Gasteiger partial charge >= 0.3 is 0 Å². The third-order valence-electron chi connectivity index (χ3n) is 6.04. The first-order chi connectivity index (χ1) is 15.9. The Kier molecular flexibility index (Phi) is 6.58. The summed E-state index contributed by atoms with van der Waals surface area (Å²) in [7, 11) is 0. The summed E-state index contributed by atoms with van der Waals surface area (Å²) in [6, 6.07) is 15.0. The van der Waals surface area contributed by atoms with Gasteiger partial charge in [0.25, 0.3) is 5.56 Å². The van der Waals surface area contributed by atoms with Crippen LogP contribution in [0.1, 0.15) is 51.7 Å². The lowest BCUT2D eigenvalue weighted by Crippen LogP contribution is -2.35. The molecular weight excluding hydrogens is 414 g/mol. The molecule has 0 saturated carbocycles. The molecule has 0 aliphatic rings. The van der Waals surface area contributed by atoms with Crippen LogP contribution in [0.2, 0.25) is 0 Å². The van der Waals surface area contributed by atoms with Gasteiger partial charge in [-0.3, -0.25) is 9.59 Å². The average Bonchev–Trinajstić information content (AvgIpc) is 3.23. The molecule has 33 heavy (non-hydrogen) atoms. The molecule has 0 fully saturated rings. The van der Waals surface area contributed by atoms with Crippen LogP contribution in [0.5, 0.6) is 0 Å². The van der Waals surface area contributed by atoms with Gasteiger partial charge in [0.2, 0.25) is 5.91 Å². The number of H-pyrrole nitrogens is 1. The van der Waals surface area contributed by atoms with Crippen molar-refractivity contribution in [3.63, 3.8) is 0 Å². The van der Waals surface area contributed by atoms with Gasteiger partial charge in [-0.05, 0) is 30.0 Å². The standard InChI is InChI=1S/C26H31N5O2/c1-5-17(4)24(25-27-20-12-8-9-13-21(20)28-25)29-23(32)14-22-18-10-6-7-11-19(18)26(33)31(30-22)15-16(2)3/h6-13,16-17,24H,5,14-15H2,1-4H3,(H,27,28)(H,29,32)/t17-,24-/m1/s1. The van der Waals surface area contributed by atoms with E-state index in [0.717, 1.165) is 28.7 Å². The van der Waals surface area contributed by atoms with Crippen LogP contribution in [0.25, 0.3) is 21.8 Å². The van der Waals surface area contributed by atoms with E-state index in [0.29, 0.717) is 17.6 Å². The van der Waals surface area contributed by atoms with Gasteiger partial charge in [-0.25, -0.2) is 9.67 Å². The molecule has 7 heteroatoms. The maximum Gasteiger partial charge on any atom is 0.274 e. The molecule has 0 unspecified atom stereocenters. The molecule has 172 valence electrons. The number of fused-ring (bicyclic) bond motifs is 2. The van der Waals surface area contributed by atoms with Gasteiger partial charge in [0.05, 0.1) is 34.6 Å². The zero-order valence-corrected chi connectivity index (χ0v) is 19.6. The summed E-state index contributed by atoms with van der Waals surface area (Å²) < 4.78 is 1.49. The SMILES string of the molecule is CC[C@@H](C)[C@@H](NC(=O)Cc1nn(CC(C)C)c(=O)c2ccccc12)c1nc2ccccc2[nH]1. The molecule has 0 aliphatic heterocycles. The lowest BCUT2D eigenvalue weighted by Gasteiger charge is -2.22. The number of para-hydroxylation sites is 2. The minimum Gasteiger partial charge on any atom is -0.346 e. The predicted molar refractivity (Wildman–Crippen MR) is 131 cm³/mol. The Morgan fingerprint density at radius 2 is 1.76 bits per heavy atom. The van der Waals surface area contributed by atoms with Crippen molar-refractivity contribution < 1.29 is 4.79 Å². The van der Waals surface area contributed by atoms with E-state index in [1.54, 1.807) is 6.07 Å². The maximum atomic E-state index is 13.2. The number of benzene rings is 2. The number of nitrogens with one attached hydrogen (secondary N) is 2. The van der Waals surface area contributed by atoms with E-state index in [2.05, 4.69) is 29.2 Å². The number of carbonyl (C=O) groups is 1. The molecule has 0 bridgehead atoms. The first kappa shape index (κ1) is 22.7. The van der Waals surface area contributed by atoms with Crippen molar-refractivity contribution in [3.8, 4) is 0 Å². The largest absolute Gasteiger partial charge is 0.346 e. The molecule has 2 N–H and O–H groups in total. The van der Waals surface area contributed by atoms with Crippen molar-refractivity contribution in [1.82, 2.24) is 25.1 Å². The van der Waals surface area contributed by atoms with Crippen LogP contribution in [0.15, 0.2) is 53.3 Å². The van der Waals surface area contributed by atoms with Crippen LogP contribution in [0.3, 0.4) is 0 Å². The molecule has 0 saturated heterocycles. The molecule has 2 aromatic heterocycles. The number of aromatic amines is 1. The molecule has 7 nitrogen and oxygen atoms in total. The number of aromatic nitrogens is 4. The second-order valence-corrected chi connectivity index (χ2v) is 9.12. The lowest BCUT2D eigenvalue weighted by atomic mass is 9.98.